The van der Waals surface area contributed by atoms with Crippen LogP contribution in [0.25, 0.3) is 0 Å². The number of carbonyl (C=O) groups is 5. The largest absolute Gasteiger partial charge is 0.361 e. The molecule has 4 atom stereocenters. The lowest BCUT2D eigenvalue weighted by atomic mass is 9.93. The Morgan fingerprint density at radius 1 is 1.05 bits per heavy atom. The van der Waals surface area contributed by atoms with Crippen LogP contribution < -0.4 is 16.0 Å². The second-order valence-corrected chi connectivity index (χ2v) is 10.8. The average molecular weight is 529 g/mol. The smallest absolute Gasteiger partial charge is 0.243 e. The lowest BCUT2D eigenvalue weighted by Crippen LogP contribution is -2.59. The zero-order chi connectivity index (χ0) is 27.9. The summed E-state index contributed by atoms with van der Waals surface area (Å²) in [7, 11) is 0. The van der Waals surface area contributed by atoms with E-state index in [9.17, 15) is 24.0 Å². The molecule has 0 aliphatic carbocycles. The molecule has 0 radical (unpaired) electrons. The molecule has 0 saturated carbocycles. The van der Waals surface area contributed by atoms with Gasteiger partial charge < -0.3 is 25.6 Å². The van der Waals surface area contributed by atoms with Gasteiger partial charge in [-0.2, -0.15) is 0 Å². The first-order valence-electron chi connectivity index (χ1n) is 13.4. The van der Waals surface area contributed by atoms with Crippen LogP contribution in [-0.2, 0) is 35.1 Å². The number of benzene rings is 1. The van der Waals surface area contributed by atoms with E-state index in [1.54, 1.807) is 6.92 Å². The van der Waals surface area contributed by atoms with Crippen molar-refractivity contribution in [2.75, 3.05) is 19.7 Å². The molecule has 0 spiro atoms. The fraction of sp³-hybridized carbons (Fsp3) is 0.607. The summed E-state index contributed by atoms with van der Waals surface area (Å²) in [4.78, 5) is 65.6. The van der Waals surface area contributed by atoms with Crippen molar-refractivity contribution in [1.29, 1.82) is 0 Å². The van der Waals surface area contributed by atoms with Crippen molar-refractivity contribution in [3.63, 3.8) is 0 Å². The first-order valence-corrected chi connectivity index (χ1v) is 13.4. The zero-order valence-electron chi connectivity index (χ0n) is 22.7. The lowest BCUT2D eigenvalue weighted by Gasteiger charge is -2.35. The minimum atomic E-state index is -0.950. The Morgan fingerprint density at radius 3 is 2.34 bits per heavy atom. The van der Waals surface area contributed by atoms with E-state index in [0.717, 1.165) is 18.4 Å². The van der Waals surface area contributed by atoms with Crippen molar-refractivity contribution in [2.24, 2.45) is 5.92 Å². The van der Waals surface area contributed by atoms with Crippen LogP contribution in [0.15, 0.2) is 30.3 Å². The monoisotopic (exact) mass is 528 g/mol. The third-order valence-corrected chi connectivity index (χ3v) is 6.97. The molecule has 2 aliphatic heterocycles. The Bertz CT molecular complexity index is 1020. The molecule has 10 heteroatoms. The van der Waals surface area contributed by atoms with Crippen molar-refractivity contribution < 1.29 is 28.7 Å². The summed E-state index contributed by atoms with van der Waals surface area (Å²) >= 11 is 0. The third kappa shape index (κ3) is 8.11. The SMILES string of the molecule is CC(=O)NCC(=O)N1CCCC[C@H]1C(=O)N[C@@H](Cc1ccccc1)C(=O)N[C@@H](CC(C)C)C(=O)[C@@]1(C)CO1. The number of ether oxygens (including phenoxy) is 1. The first-order chi connectivity index (χ1) is 18.0. The minimum Gasteiger partial charge on any atom is -0.361 e. The molecule has 2 heterocycles. The highest BCUT2D eigenvalue weighted by Crippen LogP contribution is 2.29. The Kier molecular flexibility index (Phi) is 10.0. The van der Waals surface area contributed by atoms with Gasteiger partial charge in [0.25, 0.3) is 0 Å². The number of hydrogen-bond acceptors (Lipinski definition) is 6. The molecular weight excluding hydrogens is 488 g/mol. The normalized spacial score (nSPS) is 22.2. The van der Waals surface area contributed by atoms with E-state index in [4.69, 9.17) is 4.74 Å². The summed E-state index contributed by atoms with van der Waals surface area (Å²) in [5.74, 6) is -1.58. The van der Waals surface area contributed by atoms with Crippen molar-refractivity contribution in [1.82, 2.24) is 20.9 Å². The highest BCUT2D eigenvalue weighted by molar-refractivity contribution is 5.98. The minimum absolute atomic E-state index is 0.152. The van der Waals surface area contributed by atoms with Crippen molar-refractivity contribution in [2.45, 2.75) is 83.5 Å². The van der Waals surface area contributed by atoms with Gasteiger partial charge in [-0.1, -0.05) is 44.2 Å². The van der Waals surface area contributed by atoms with Gasteiger partial charge in [0.15, 0.2) is 5.78 Å². The van der Waals surface area contributed by atoms with E-state index in [-0.39, 0.29) is 36.5 Å². The number of amides is 4. The van der Waals surface area contributed by atoms with E-state index in [1.165, 1.54) is 11.8 Å². The van der Waals surface area contributed by atoms with Crippen molar-refractivity contribution in [3.05, 3.63) is 35.9 Å². The van der Waals surface area contributed by atoms with Crippen LogP contribution in [0.4, 0.5) is 0 Å². The molecular formula is C28H40N4O6. The quantitative estimate of drug-likeness (QED) is 0.348. The summed E-state index contributed by atoms with van der Waals surface area (Å²) in [5.41, 5.74) is -0.0403. The van der Waals surface area contributed by atoms with E-state index in [1.807, 2.05) is 44.2 Å². The topological polar surface area (TPSA) is 137 Å². The molecule has 10 nitrogen and oxygen atoms in total. The van der Waals surface area contributed by atoms with Crippen LogP contribution in [0, 0.1) is 5.92 Å². The maximum absolute atomic E-state index is 13.6. The van der Waals surface area contributed by atoms with E-state index in [2.05, 4.69) is 16.0 Å². The van der Waals surface area contributed by atoms with Gasteiger partial charge in [-0.15, -0.1) is 0 Å². The summed E-state index contributed by atoms with van der Waals surface area (Å²) < 4.78 is 5.34. The maximum atomic E-state index is 13.6. The summed E-state index contributed by atoms with van der Waals surface area (Å²) in [6.07, 6.45) is 2.65. The number of Topliss-reactive ketones (excluding diaryl/α,β-unsaturated/α-hetero) is 1. The molecule has 3 rings (SSSR count). The molecule has 0 aromatic heterocycles. The fourth-order valence-electron chi connectivity index (χ4n) is 4.73. The van der Waals surface area contributed by atoms with Gasteiger partial charge in [-0.05, 0) is 44.1 Å². The number of nitrogens with one attached hydrogen (secondary N) is 3. The highest BCUT2D eigenvalue weighted by atomic mass is 16.6. The number of ketones is 1. The standard InChI is InChI=1S/C28H40N4O6/c1-18(2)14-21(25(35)28(4)17-38-28)30-26(36)22(15-20-10-6-5-7-11-20)31-27(37)23-12-8-9-13-32(23)24(34)16-29-19(3)33/h5-7,10-11,18,21-23H,8-9,12-17H2,1-4H3,(H,29,33)(H,30,36)(H,31,37)/t21-,22-,23-,28+/m0/s1. The van der Waals surface area contributed by atoms with Gasteiger partial charge >= 0.3 is 0 Å². The molecule has 1 aromatic carbocycles. The Balaban J connectivity index is 1.77. The van der Waals surface area contributed by atoms with Crippen LogP contribution in [-0.4, -0.2) is 77.7 Å². The van der Waals surface area contributed by atoms with Gasteiger partial charge in [0.2, 0.25) is 23.6 Å². The van der Waals surface area contributed by atoms with Crippen LogP contribution in [0.3, 0.4) is 0 Å². The second-order valence-electron chi connectivity index (χ2n) is 10.8. The molecule has 0 bridgehead atoms. The number of nitrogens with zero attached hydrogens (tertiary/aromatic N) is 1. The second kappa shape index (κ2) is 13.0. The molecule has 0 unspecified atom stereocenters. The van der Waals surface area contributed by atoms with Gasteiger partial charge in [0.1, 0.15) is 17.7 Å². The van der Waals surface area contributed by atoms with Crippen LogP contribution in [0.2, 0.25) is 0 Å². The third-order valence-electron chi connectivity index (χ3n) is 6.97. The molecule has 38 heavy (non-hydrogen) atoms. The van der Waals surface area contributed by atoms with Gasteiger partial charge in [-0.3, -0.25) is 24.0 Å². The molecule has 4 amide bonds. The van der Waals surface area contributed by atoms with Crippen molar-refractivity contribution in [3.8, 4) is 0 Å². The molecule has 1 aromatic rings. The number of carbonyl (C=O) groups excluding carboxylic acids is 5. The summed E-state index contributed by atoms with van der Waals surface area (Å²) in [6.45, 7) is 7.52. The number of piperidine rings is 1. The van der Waals surface area contributed by atoms with E-state index in [0.29, 0.717) is 26.0 Å². The average Bonchev–Trinajstić information content (AvgIpc) is 3.64. The van der Waals surface area contributed by atoms with E-state index < -0.39 is 35.5 Å². The number of hydrogen-bond donors (Lipinski definition) is 3. The summed E-state index contributed by atoms with van der Waals surface area (Å²) in [5, 5.41) is 8.23. The zero-order valence-corrected chi connectivity index (χ0v) is 22.7. The lowest BCUT2D eigenvalue weighted by molar-refractivity contribution is -0.143. The Labute approximate surface area is 224 Å². The maximum Gasteiger partial charge on any atom is 0.243 e. The fourth-order valence-corrected chi connectivity index (χ4v) is 4.73. The first kappa shape index (κ1) is 29.3. The molecule has 2 aliphatic rings. The van der Waals surface area contributed by atoms with Crippen LogP contribution in [0.5, 0.6) is 0 Å². The van der Waals surface area contributed by atoms with Gasteiger partial charge in [-0.25, -0.2) is 0 Å². The molecule has 3 N–H and O–H groups in total. The Morgan fingerprint density at radius 2 is 1.74 bits per heavy atom. The van der Waals surface area contributed by atoms with Gasteiger partial charge in [0, 0.05) is 19.9 Å². The van der Waals surface area contributed by atoms with Gasteiger partial charge in [0.05, 0.1) is 19.2 Å². The molecule has 208 valence electrons. The summed E-state index contributed by atoms with van der Waals surface area (Å²) in [6, 6.07) is 6.87. The predicted molar refractivity (Wildman–Crippen MR) is 141 cm³/mol. The molecule has 2 fully saturated rings. The molecule has 2 saturated heterocycles. The number of epoxide rings is 1. The van der Waals surface area contributed by atoms with E-state index >= 15 is 0 Å². The van der Waals surface area contributed by atoms with Crippen LogP contribution in [0.1, 0.15) is 58.9 Å². The number of rotatable bonds is 12. The number of likely N-dealkylation sites (tertiary alicyclic amines) is 1. The van der Waals surface area contributed by atoms with Crippen molar-refractivity contribution >= 4 is 29.4 Å². The Hall–Kier alpha value is -3.27. The van der Waals surface area contributed by atoms with Crippen LogP contribution >= 0.6 is 0 Å². The highest BCUT2D eigenvalue weighted by Gasteiger charge is 2.50. The predicted octanol–water partition coefficient (Wildman–Crippen LogP) is 1.12.